The molecule has 4 nitrogen and oxygen atoms in total. The third kappa shape index (κ3) is 5.63. The van der Waals surface area contributed by atoms with Gasteiger partial charge in [-0.3, -0.25) is 0 Å². The topological polar surface area (TPSA) is 64.3 Å². The average Bonchev–Trinajstić information content (AvgIpc) is 2.89. The molecule has 0 heterocycles. The molecule has 0 aromatic heterocycles. The van der Waals surface area contributed by atoms with Crippen LogP contribution in [0.5, 0.6) is 0 Å². The first-order valence-corrected chi connectivity index (χ1v) is 10.7. The van der Waals surface area contributed by atoms with Crippen molar-refractivity contribution in [3.05, 3.63) is 131 Å². The molecule has 0 aliphatic rings. The van der Waals surface area contributed by atoms with Gasteiger partial charge in [0.25, 0.3) is 0 Å². The van der Waals surface area contributed by atoms with Crippen LogP contribution in [0, 0.1) is 29.0 Å². The number of hydrogen-bond acceptors (Lipinski definition) is 3. The van der Waals surface area contributed by atoms with Crippen molar-refractivity contribution in [1.29, 1.82) is 5.26 Å². The van der Waals surface area contributed by atoms with Crippen molar-refractivity contribution in [2.75, 3.05) is 4.90 Å². The Morgan fingerprint density at radius 3 is 1.80 bits per heavy atom. The molecule has 0 saturated carbocycles. The molecule has 168 valence electrons. The highest BCUT2D eigenvalue weighted by atomic mass is 19.1. The van der Waals surface area contributed by atoms with Crippen LogP contribution in [0.25, 0.3) is 6.08 Å². The van der Waals surface area contributed by atoms with Crippen molar-refractivity contribution in [2.45, 2.75) is 0 Å². The quantitative estimate of drug-likeness (QED) is 0.206. The fourth-order valence-electron chi connectivity index (χ4n) is 3.46. The number of hydrogen-bond donors (Lipinski definition) is 1. The number of carboxylic acids is 1. The van der Waals surface area contributed by atoms with E-state index in [-0.39, 0.29) is 5.56 Å². The number of rotatable bonds is 5. The largest absolute Gasteiger partial charge is 0.477 e. The average molecular weight is 458 g/mol. The molecule has 0 amide bonds. The van der Waals surface area contributed by atoms with E-state index < -0.39 is 17.4 Å². The Hall–Kier alpha value is -5.13. The van der Waals surface area contributed by atoms with Crippen molar-refractivity contribution < 1.29 is 14.3 Å². The highest BCUT2D eigenvalue weighted by Gasteiger charge is 2.11. The van der Waals surface area contributed by atoms with Crippen molar-refractivity contribution in [3.63, 3.8) is 0 Å². The fourth-order valence-corrected chi connectivity index (χ4v) is 3.46. The molecule has 4 aromatic rings. The number of benzene rings is 4. The van der Waals surface area contributed by atoms with Crippen LogP contribution in [0.3, 0.4) is 0 Å². The van der Waals surface area contributed by atoms with Gasteiger partial charge in [-0.2, -0.15) is 5.26 Å². The second-order valence-electron chi connectivity index (χ2n) is 7.51. The molecule has 0 fully saturated rings. The predicted molar refractivity (Wildman–Crippen MR) is 135 cm³/mol. The van der Waals surface area contributed by atoms with Gasteiger partial charge in [0.05, 0.1) is 0 Å². The number of halogens is 1. The van der Waals surface area contributed by atoms with E-state index in [1.807, 2.05) is 84.9 Å². The number of nitriles is 1. The Labute approximate surface area is 202 Å². The molecule has 0 unspecified atom stereocenters. The van der Waals surface area contributed by atoms with Gasteiger partial charge in [0.2, 0.25) is 0 Å². The highest BCUT2D eigenvalue weighted by molar-refractivity contribution is 5.96. The third-order valence-electron chi connectivity index (χ3n) is 5.16. The number of carbonyl (C=O) groups is 1. The smallest absolute Gasteiger partial charge is 0.346 e. The van der Waals surface area contributed by atoms with E-state index in [0.29, 0.717) is 5.56 Å². The van der Waals surface area contributed by atoms with Crippen LogP contribution in [0.4, 0.5) is 21.5 Å². The minimum absolute atomic E-state index is 0.0146. The lowest BCUT2D eigenvalue weighted by atomic mass is 10.1. The molecule has 35 heavy (non-hydrogen) atoms. The molecular formula is C30H19FN2O2. The van der Waals surface area contributed by atoms with Crippen molar-refractivity contribution >= 4 is 29.1 Å². The second kappa shape index (κ2) is 10.7. The van der Waals surface area contributed by atoms with E-state index in [0.717, 1.165) is 28.7 Å². The number of aliphatic carboxylic acids is 1. The van der Waals surface area contributed by atoms with Gasteiger partial charge in [-0.15, -0.1) is 0 Å². The SMILES string of the molecule is N#C/C(=C/c1ccc(C#Cc2ccc(N(c3ccccc3)c3ccccc3)cc2)cc1F)C(=O)O. The summed E-state index contributed by atoms with van der Waals surface area (Å²) < 4.78 is 14.4. The lowest BCUT2D eigenvalue weighted by Crippen LogP contribution is -2.09. The zero-order valence-corrected chi connectivity index (χ0v) is 18.5. The van der Waals surface area contributed by atoms with E-state index in [1.54, 1.807) is 6.07 Å². The molecule has 4 rings (SSSR count). The highest BCUT2D eigenvalue weighted by Crippen LogP contribution is 2.33. The Balaban J connectivity index is 1.59. The molecule has 5 heteroatoms. The second-order valence-corrected chi connectivity index (χ2v) is 7.51. The van der Waals surface area contributed by atoms with Crippen LogP contribution in [-0.2, 0) is 4.79 Å². The van der Waals surface area contributed by atoms with E-state index in [2.05, 4.69) is 16.7 Å². The van der Waals surface area contributed by atoms with Gasteiger partial charge >= 0.3 is 5.97 Å². The van der Waals surface area contributed by atoms with Gasteiger partial charge in [-0.25, -0.2) is 9.18 Å². The lowest BCUT2D eigenvalue weighted by Gasteiger charge is -2.25. The summed E-state index contributed by atoms with van der Waals surface area (Å²) in [4.78, 5) is 13.1. The van der Waals surface area contributed by atoms with Crippen LogP contribution in [0.1, 0.15) is 16.7 Å². The summed E-state index contributed by atoms with van der Waals surface area (Å²) in [7, 11) is 0. The van der Waals surface area contributed by atoms with Crippen LogP contribution in [-0.4, -0.2) is 11.1 Å². The standard InChI is InChI=1S/C30H19FN2O2/c31-29-19-23(13-16-24(29)20-25(21-32)30(34)35)12-11-22-14-17-28(18-15-22)33(26-7-3-1-4-8-26)27-9-5-2-6-10-27/h1-10,13-20H,(H,34,35)/b25-20-. The monoisotopic (exact) mass is 458 g/mol. The third-order valence-corrected chi connectivity index (χ3v) is 5.16. The summed E-state index contributed by atoms with van der Waals surface area (Å²) in [5.41, 5.74) is 3.71. The van der Waals surface area contributed by atoms with E-state index in [9.17, 15) is 9.18 Å². The summed E-state index contributed by atoms with van der Waals surface area (Å²) in [5.74, 6) is 3.90. The van der Waals surface area contributed by atoms with Gasteiger partial charge in [0.15, 0.2) is 0 Å². The van der Waals surface area contributed by atoms with Gasteiger partial charge in [0.1, 0.15) is 17.5 Å². The normalized spacial score (nSPS) is 10.6. The van der Waals surface area contributed by atoms with Gasteiger partial charge < -0.3 is 10.0 Å². The van der Waals surface area contributed by atoms with Crippen molar-refractivity contribution in [3.8, 4) is 17.9 Å². The molecule has 0 spiro atoms. The molecular weight excluding hydrogens is 439 g/mol. The first-order chi connectivity index (χ1) is 17.0. The van der Waals surface area contributed by atoms with Crippen LogP contribution in [0.2, 0.25) is 0 Å². The summed E-state index contributed by atoms with van der Waals surface area (Å²) in [6.07, 6.45) is 0.999. The predicted octanol–water partition coefficient (Wildman–Crippen LogP) is 6.69. The summed E-state index contributed by atoms with van der Waals surface area (Å²) >= 11 is 0. The van der Waals surface area contributed by atoms with E-state index in [4.69, 9.17) is 10.4 Å². The minimum atomic E-state index is -1.41. The van der Waals surface area contributed by atoms with Gasteiger partial charge in [-0.1, -0.05) is 54.3 Å². The Morgan fingerprint density at radius 2 is 1.29 bits per heavy atom. The maximum absolute atomic E-state index is 14.4. The molecule has 0 aliphatic carbocycles. The Bertz CT molecular complexity index is 1440. The maximum Gasteiger partial charge on any atom is 0.346 e. The fraction of sp³-hybridized carbons (Fsp3) is 0. The zero-order chi connectivity index (χ0) is 24.6. The van der Waals surface area contributed by atoms with Crippen LogP contribution >= 0.6 is 0 Å². The maximum atomic E-state index is 14.4. The minimum Gasteiger partial charge on any atom is -0.477 e. The molecule has 0 atom stereocenters. The van der Waals surface area contributed by atoms with E-state index in [1.165, 1.54) is 18.2 Å². The molecule has 0 saturated heterocycles. The van der Waals surface area contributed by atoms with Gasteiger partial charge in [-0.05, 0) is 66.7 Å². The summed E-state index contributed by atoms with van der Waals surface area (Å²) in [5, 5.41) is 17.8. The number of anilines is 3. The molecule has 0 aliphatic heterocycles. The Morgan fingerprint density at radius 1 is 0.771 bits per heavy atom. The Kier molecular flexibility index (Phi) is 7.02. The first kappa shape index (κ1) is 23.0. The number of para-hydroxylation sites is 2. The van der Waals surface area contributed by atoms with Crippen molar-refractivity contribution in [1.82, 2.24) is 0 Å². The van der Waals surface area contributed by atoms with Crippen LogP contribution in [0.15, 0.2) is 109 Å². The number of carboxylic acid groups (broad SMARTS) is 1. The van der Waals surface area contributed by atoms with Gasteiger partial charge in [0, 0.05) is 33.8 Å². The summed E-state index contributed by atoms with van der Waals surface area (Å²) in [6, 6.07) is 33.6. The van der Waals surface area contributed by atoms with Crippen molar-refractivity contribution in [2.24, 2.45) is 0 Å². The first-order valence-electron chi connectivity index (χ1n) is 10.7. The summed E-state index contributed by atoms with van der Waals surface area (Å²) in [6.45, 7) is 0. The molecule has 1 N–H and O–H groups in total. The zero-order valence-electron chi connectivity index (χ0n) is 18.5. The molecule has 0 bridgehead atoms. The lowest BCUT2D eigenvalue weighted by molar-refractivity contribution is -0.132. The van der Waals surface area contributed by atoms with Crippen LogP contribution < -0.4 is 4.90 Å². The molecule has 0 radical (unpaired) electrons. The van der Waals surface area contributed by atoms with E-state index >= 15 is 0 Å². The number of nitrogens with zero attached hydrogens (tertiary/aromatic N) is 2. The molecule has 4 aromatic carbocycles.